The number of ether oxygens (including phenoxy) is 2. The van der Waals surface area contributed by atoms with E-state index in [2.05, 4.69) is 12.1 Å². The molecule has 1 aromatic carbocycles. The lowest BCUT2D eigenvalue weighted by atomic mass is 9.99. The van der Waals surface area contributed by atoms with Gasteiger partial charge in [0, 0.05) is 23.0 Å². The van der Waals surface area contributed by atoms with Gasteiger partial charge in [0.2, 0.25) is 0 Å². The number of hydrogen-bond donors (Lipinski definition) is 0. The Kier molecular flexibility index (Phi) is 3.46. The maximum atomic E-state index is 11.2. The number of fused-ring (bicyclic) bond motifs is 1. The van der Waals surface area contributed by atoms with Crippen LogP contribution in [-0.2, 0) is 4.79 Å². The molecule has 18 heavy (non-hydrogen) atoms. The summed E-state index contributed by atoms with van der Waals surface area (Å²) in [4.78, 5) is 12.4. The molecule has 0 atom stereocenters. The van der Waals surface area contributed by atoms with Crippen LogP contribution in [0.1, 0.15) is 25.7 Å². The third-order valence-electron chi connectivity index (χ3n) is 3.31. The minimum Gasteiger partial charge on any atom is -0.486 e. The van der Waals surface area contributed by atoms with Crippen molar-refractivity contribution < 1.29 is 14.3 Å². The molecule has 1 fully saturated rings. The first-order valence-corrected chi connectivity index (χ1v) is 7.27. The Hall–Kier alpha value is -1.16. The van der Waals surface area contributed by atoms with Gasteiger partial charge in [-0.1, -0.05) is 0 Å². The molecule has 0 saturated heterocycles. The van der Waals surface area contributed by atoms with Gasteiger partial charge in [-0.15, -0.1) is 11.8 Å². The normalized spacial score (nSPS) is 19.9. The number of carbonyl (C=O) groups is 1. The number of hydrogen-bond acceptors (Lipinski definition) is 4. The molecule has 96 valence electrons. The highest BCUT2D eigenvalue weighted by Crippen LogP contribution is 2.38. The molecule has 0 N–H and O–H groups in total. The van der Waals surface area contributed by atoms with Gasteiger partial charge in [0.1, 0.15) is 19.0 Å². The highest BCUT2D eigenvalue weighted by molar-refractivity contribution is 8.00. The molecule has 0 aromatic heterocycles. The second-order valence-corrected chi connectivity index (χ2v) is 6.04. The summed E-state index contributed by atoms with van der Waals surface area (Å²) in [5.74, 6) is 2.09. The van der Waals surface area contributed by atoms with Crippen LogP contribution in [0.2, 0.25) is 0 Å². The molecule has 1 heterocycles. The van der Waals surface area contributed by atoms with Crippen LogP contribution >= 0.6 is 11.8 Å². The maximum Gasteiger partial charge on any atom is 0.162 e. The minimum absolute atomic E-state index is 0.411. The second-order valence-electron chi connectivity index (χ2n) is 4.66. The van der Waals surface area contributed by atoms with Crippen molar-refractivity contribution in [3.8, 4) is 11.5 Å². The number of Topliss-reactive ketones (excluding diaryl/α,β-unsaturated/α-hetero) is 1. The van der Waals surface area contributed by atoms with Gasteiger partial charge in [-0.25, -0.2) is 0 Å². The monoisotopic (exact) mass is 264 g/mol. The molecule has 1 aliphatic carbocycles. The Labute approximate surface area is 111 Å². The Morgan fingerprint density at radius 1 is 1.06 bits per heavy atom. The van der Waals surface area contributed by atoms with Gasteiger partial charge >= 0.3 is 0 Å². The van der Waals surface area contributed by atoms with Crippen LogP contribution < -0.4 is 9.47 Å². The molecular weight excluding hydrogens is 248 g/mol. The molecule has 1 aliphatic heterocycles. The van der Waals surface area contributed by atoms with Crippen molar-refractivity contribution in [2.24, 2.45) is 0 Å². The summed E-state index contributed by atoms with van der Waals surface area (Å²) >= 11 is 1.85. The number of thioether (sulfide) groups is 1. The summed E-state index contributed by atoms with van der Waals surface area (Å²) in [7, 11) is 0. The first-order chi connectivity index (χ1) is 8.81. The molecule has 0 bridgehead atoms. The van der Waals surface area contributed by atoms with Gasteiger partial charge in [-0.2, -0.15) is 0 Å². The predicted molar refractivity (Wildman–Crippen MR) is 70.6 cm³/mol. The topological polar surface area (TPSA) is 35.5 Å². The standard InChI is InChI=1S/C14H16O3S/c15-10-1-3-11(4-2-10)18-12-5-6-13-14(9-12)17-8-7-16-13/h5-6,9,11H,1-4,7-8H2. The van der Waals surface area contributed by atoms with Crippen molar-refractivity contribution in [2.45, 2.75) is 35.8 Å². The van der Waals surface area contributed by atoms with Crippen LogP contribution in [0.15, 0.2) is 23.1 Å². The summed E-state index contributed by atoms with van der Waals surface area (Å²) in [5, 5.41) is 0.560. The summed E-state index contributed by atoms with van der Waals surface area (Å²) in [6.07, 6.45) is 3.47. The minimum atomic E-state index is 0.411. The van der Waals surface area contributed by atoms with E-state index in [1.165, 1.54) is 4.90 Å². The van der Waals surface area contributed by atoms with Crippen LogP contribution in [-0.4, -0.2) is 24.2 Å². The van der Waals surface area contributed by atoms with E-state index in [4.69, 9.17) is 9.47 Å². The summed E-state index contributed by atoms with van der Waals surface area (Å²) in [5.41, 5.74) is 0. The van der Waals surface area contributed by atoms with Crippen LogP contribution in [0, 0.1) is 0 Å². The average molecular weight is 264 g/mol. The predicted octanol–water partition coefficient (Wildman–Crippen LogP) is 3.06. The van der Waals surface area contributed by atoms with Crippen molar-refractivity contribution in [1.29, 1.82) is 0 Å². The third kappa shape index (κ3) is 2.64. The van der Waals surface area contributed by atoms with Crippen LogP contribution in [0.5, 0.6) is 11.5 Å². The third-order valence-corrected chi connectivity index (χ3v) is 4.64. The fourth-order valence-corrected chi connectivity index (χ4v) is 3.50. The average Bonchev–Trinajstić information content (AvgIpc) is 2.41. The quantitative estimate of drug-likeness (QED) is 0.822. The zero-order chi connectivity index (χ0) is 12.4. The first kappa shape index (κ1) is 11.9. The van der Waals surface area contributed by atoms with Crippen LogP contribution in [0.4, 0.5) is 0 Å². The number of carbonyl (C=O) groups excluding carboxylic acids is 1. The number of ketones is 1. The van der Waals surface area contributed by atoms with E-state index in [0.717, 1.165) is 37.2 Å². The smallest absolute Gasteiger partial charge is 0.162 e. The van der Waals surface area contributed by atoms with E-state index >= 15 is 0 Å². The number of rotatable bonds is 2. The molecular formula is C14H16O3S. The Morgan fingerprint density at radius 2 is 1.78 bits per heavy atom. The first-order valence-electron chi connectivity index (χ1n) is 6.39. The molecule has 0 unspecified atom stereocenters. The van der Waals surface area contributed by atoms with Crippen molar-refractivity contribution in [3.63, 3.8) is 0 Å². The molecule has 0 amide bonds. The van der Waals surface area contributed by atoms with Gasteiger partial charge in [-0.05, 0) is 31.0 Å². The second kappa shape index (κ2) is 5.22. The highest BCUT2D eigenvalue weighted by atomic mass is 32.2. The Balaban J connectivity index is 1.67. The Morgan fingerprint density at radius 3 is 2.56 bits per heavy atom. The molecule has 1 aromatic rings. The Bertz CT molecular complexity index is 448. The van der Waals surface area contributed by atoms with E-state index in [0.29, 0.717) is 24.2 Å². The lowest BCUT2D eigenvalue weighted by Crippen LogP contribution is -2.16. The van der Waals surface area contributed by atoms with Gasteiger partial charge < -0.3 is 9.47 Å². The molecule has 1 saturated carbocycles. The van der Waals surface area contributed by atoms with E-state index < -0.39 is 0 Å². The summed E-state index contributed by atoms with van der Waals surface area (Å²) in [6.45, 7) is 1.25. The molecule has 0 radical (unpaired) electrons. The molecule has 2 aliphatic rings. The summed E-state index contributed by atoms with van der Waals surface area (Å²) < 4.78 is 11.1. The molecule has 3 rings (SSSR count). The zero-order valence-corrected chi connectivity index (χ0v) is 11.0. The lowest BCUT2D eigenvalue weighted by molar-refractivity contribution is -0.120. The van der Waals surface area contributed by atoms with Gasteiger partial charge in [0.25, 0.3) is 0 Å². The number of benzene rings is 1. The van der Waals surface area contributed by atoms with E-state index in [1.807, 2.05) is 17.8 Å². The van der Waals surface area contributed by atoms with Crippen molar-refractivity contribution in [1.82, 2.24) is 0 Å². The van der Waals surface area contributed by atoms with Crippen molar-refractivity contribution >= 4 is 17.5 Å². The SMILES string of the molecule is O=C1CCC(Sc2ccc3c(c2)OCCO3)CC1. The van der Waals surface area contributed by atoms with Crippen molar-refractivity contribution in [3.05, 3.63) is 18.2 Å². The van der Waals surface area contributed by atoms with Gasteiger partial charge in [0.05, 0.1) is 0 Å². The van der Waals surface area contributed by atoms with Gasteiger partial charge in [-0.3, -0.25) is 4.79 Å². The van der Waals surface area contributed by atoms with E-state index in [9.17, 15) is 4.79 Å². The fraction of sp³-hybridized carbons (Fsp3) is 0.500. The van der Waals surface area contributed by atoms with Crippen LogP contribution in [0.25, 0.3) is 0 Å². The largest absolute Gasteiger partial charge is 0.486 e. The zero-order valence-electron chi connectivity index (χ0n) is 10.2. The summed E-state index contributed by atoms with van der Waals surface area (Å²) in [6, 6.07) is 6.11. The van der Waals surface area contributed by atoms with Crippen LogP contribution in [0.3, 0.4) is 0 Å². The van der Waals surface area contributed by atoms with E-state index in [-0.39, 0.29) is 0 Å². The lowest BCUT2D eigenvalue weighted by Gasteiger charge is -2.22. The van der Waals surface area contributed by atoms with Gasteiger partial charge in [0.15, 0.2) is 11.5 Å². The van der Waals surface area contributed by atoms with E-state index in [1.54, 1.807) is 0 Å². The fourth-order valence-electron chi connectivity index (χ4n) is 2.32. The maximum absolute atomic E-state index is 11.2. The highest BCUT2D eigenvalue weighted by Gasteiger charge is 2.20. The molecule has 4 heteroatoms. The molecule has 0 spiro atoms. The molecule has 3 nitrogen and oxygen atoms in total. The van der Waals surface area contributed by atoms with Crippen molar-refractivity contribution in [2.75, 3.05) is 13.2 Å².